The zero-order valence-corrected chi connectivity index (χ0v) is 9.34. The van der Waals surface area contributed by atoms with Gasteiger partial charge in [0, 0.05) is 12.4 Å². The summed E-state index contributed by atoms with van der Waals surface area (Å²) in [6.07, 6.45) is 3.79. The first kappa shape index (κ1) is 10.2. The van der Waals surface area contributed by atoms with E-state index in [-0.39, 0.29) is 5.15 Å². The molecular formula is C9H6ClN3OS. The Morgan fingerprint density at radius 1 is 1.47 bits per heavy atom. The van der Waals surface area contributed by atoms with Crippen LogP contribution in [0.4, 0.5) is 0 Å². The molecule has 0 aliphatic rings. The van der Waals surface area contributed by atoms with E-state index in [1.54, 1.807) is 6.20 Å². The van der Waals surface area contributed by atoms with Crippen LogP contribution in [-0.4, -0.2) is 20.6 Å². The fourth-order valence-electron chi connectivity index (χ4n) is 1.06. The fraction of sp³-hybridized carbons (Fsp3) is 0.111. The number of aromatic nitrogens is 3. The van der Waals surface area contributed by atoms with E-state index in [4.69, 9.17) is 11.6 Å². The smallest absolute Gasteiger partial charge is 0.172 e. The summed E-state index contributed by atoms with van der Waals surface area (Å²) in [5, 5.41) is 0.169. The van der Waals surface area contributed by atoms with Gasteiger partial charge in [0.05, 0.1) is 10.4 Å². The summed E-state index contributed by atoms with van der Waals surface area (Å²) in [4.78, 5) is 19.5. The molecule has 2 aromatic rings. The molecule has 0 saturated heterocycles. The summed E-state index contributed by atoms with van der Waals surface area (Å²) < 4.78 is 4.02. The van der Waals surface area contributed by atoms with Gasteiger partial charge in [-0.05, 0) is 24.0 Å². The van der Waals surface area contributed by atoms with E-state index < -0.39 is 0 Å². The molecule has 2 rings (SSSR count). The lowest BCUT2D eigenvalue weighted by molar-refractivity contribution is 0.112. The van der Waals surface area contributed by atoms with Crippen LogP contribution in [0.2, 0.25) is 5.15 Å². The van der Waals surface area contributed by atoms with Crippen LogP contribution in [-0.2, 0) is 0 Å². The molecule has 0 amide bonds. The Hall–Kier alpha value is -1.33. The van der Waals surface area contributed by atoms with Gasteiger partial charge in [-0.1, -0.05) is 11.6 Å². The number of nitrogens with zero attached hydrogens (tertiary/aromatic N) is 3. The van der Waals surface area contributed by atoms with Gasteiger partial charge < -0.3 is 0 Å². The van der Waals surface area contributed by atoms with Gasteiger partial charge in [0.15, 0.2) is 12.1 Å². The number of hydrogen-bond acceptors (Lipinski definition) is 5. The Morgan fingerprint density at radius 3 is 2.80 bits per heavy atom. The number of carbonyl (C=O) groups excluding carboxylic acids is 1. The minimum atomic E-state index is 0.169. The highest BCUT2D eigenvalue weighted by molar-refractivity contribution is 7.09. The van der Waals surface area contributed by atoms with Crippen LogP contribution in [0, 0.1) is 6.92 Å². The van der Waals surface area contributed by atoms with E-state index in [2.05, 4.69) is 14.3 Å². The molecule has 0 spiro atoms. The summed E-state index contributed by atoms with van der Waals surface area (Å²) in [7, 11) is 0. The van der Waals surface area contributed by atoms with Crippen molar-refractivity contribution in [1.29, 1.82) is 0 Å². The van der Waals surface area contributed by atoms with E-state index in [1.807, 2.05) is 6.92 Å². The maximum atomic E-state index is 10.5. The van der Waals surface area contributed by atoms with Gasteiger partial charge in [0.2, 0.25) is 0 Å². The Kier molecular flexibility index (Phi) is 2.75. The zero-order valence-electron chi connectivity index (χ0n) is 7.77. The van der Waals surface area contributed by atoms with Crippen molar-refractivity contribution in [1.82, 2.24) is 14.3 Å². The molecule has 0 aliphatic heterocycles. The summed E-state index contributed by atoms with van der Waals surface area (Å²) in [5.41, 5.74) is 1.29. The Balaban J connectivity index is 2.52. The standard InChI is InChI=1S/C9H6ClN3OS/c1-5-2-12-15-7(5)9-11-3-6(4-14)8(10)13-9/h2-4H,1H3. The molecule has 0 atom stereocenters. The summed E-state index contributed by atoms with van der Waals surface area (Å²) in [6.45, 7) is 1.92. The largest absolute Gasteiger partial charge is 0.298 e. The number of aryl methyl sites for hydroxylation is 1. The van der Waals surface area contributed by atoms with E-state index in [0.717, 1.165) is 10.4 Å². The van der Waals surface area contributed by atoms with E-state index >= 15 is 0 Å². The minimum Gasteiger partial charge on any atom is -0.298 e. The molecule has 0 aliphatic carbocycles. The monoisotopic (exact) mass is 239 g/mol. The Morgan fingerprint density at radius 2 is 2.27 bits per heavy atom. The predicted molar refractivity (Wildman–Crippen MR) is 58.3 cm³/mol. The van der Waals surface area contributed by atoms with Gasteiger partial charge >= 0.3 is 0 Å². The van der Waals surface area contributed by atoms with Gasteiger partial charge in [0.1, 0.15) is 5.15 Å². The van der Waals surface area contributed by atoms with Crippen molar-refractivity contribution in [2.24, 2.45) is 0 Å². The maximum Gasteiger partial charge on any atom is 0.172 e. The third-order valence-corrected chi connectivity index (χ3v) is 3.05. The highest BCUT2D eigenvalue weighted by Crippen LogP contribution is 2.25. The van der Waals surface area contributed by atoms with E-state index in [0.29, 0.717) is 17.7 Å². The van der Waals surface area contributed by atoms with Gasteiger partial charge in [-0.15, -0.1) is 0 Å². The van der Waals surface area contributed by atoms with Crippen molar-refractivity contribution in [3.8, 4) is 10.7 Å². The highest BCUT2D eigenvalue weighted by Gasteiger charge is 2.10. The van der Waals surface area contributed by atoms with Crippen LogP contribution in [0.1, 0.15) is 15.9 Å². The third-order valence-electron chi connectivity index (χ3n) is 1.85. The quantitative estimate of drug-likeness (QED) is 0.596. The van der Waals surface area contributed by atoms with Crippen LogP contribution in [0.25, 0.3) is 10.7 Å². The second kappa shape index (κ2) is 4.04. The molecule has 0 fully saturated rings. The van der Waals surface area contributed by atoms with Crippen molar-refractivity contribution in [2.75, 3.05) is 0 Å². The highest BCUT2D eigenvalue weighted by atomic mass is 35.5. The average Bonchev–Trinajstić information content (AvgIpc) is 2.64. The van der Waals surface area contributed by atoms with Gasteiger partial charge in [-0.3, -0.25) is 4.79 Å². The molecule has 0 saturated carbocycles. The van der Waals surface area contributed by atoms with Crippen molar-refractivity contribution >= 4 is 29.4 Å². The summed E-state index contributed by atoms with van der Waals surface area (Å²) in [6, 6.07) is 0. The van der Waals surface area contributed by atoms with E-state index in [9.17, 15) is 4.79 Å². The molecule has 2 aromatic heterocycles. The summed E-state index contributed by atoms with van der Waals surface area (Å²) in [5.74, 6) is 0.505. The number of rotatable bonds is 2. The van der Waals surface area contributed by atoms with Crippen molar-refractivity contribution in [3.05, 3.63) is 28.7 Å². The number of carbonyl (C=O) groups is 1. The van der Waals surface area contributed by atoms with Crippen molar-refractivity contribution in [2.45, 2.75) is 6.92 Å². The van der Waals surface area contributed by atoms with Gasteiger partial charge in [0.25, 0.3) is 0 Å². The fourth-order valence-corrected chi connectivity index (χ4v) is 1.93. The first-order valence-corrected chi connectivity index (χ1v) is 5.27. The average molecular weight is 240 g/mol. The first-order chi connectivity index (χ1) is 7.22. The lowest BCUT2D eigenvalue weighted by Crippen LogP contribution is -1.93. The molecule has 76 valence electrons. The number of aldehydes is 1. The number of halogens is 1. The van der Waals surface area contributed by atoms with E-state index in [1.165, 1.54) is 17.7 Å². The van der Waals surface area contributed by atoms with Gasteiger partial charge in [-0.25, -0.2) is 14.3 Å². The van der Waals surface area contributed by atoms with Crippen molar-refractivity contribution in [3.63, 3.8) is 0 Å². The second-order valence-electron chi connectivity index (χ2n) is 2.90. The molecule has 2 heterocycles. The third kappa shape index (κ3) is 1.88. The van der Waals surface area contributed by atoms with Crippen LogP contribution in [0.15, 0.2) is 12.4 Å². The lowest BCUT2D eigenvalue weighted by atomic mass is 10.3. The van der Waals surface area contributed by atoms with Crippen LogP contribution >= 0.6 is 23.1 Å². The topological polar surface area (TPSA) is 55.7 Å². The van der Waals surface area contributed by atoms with Crippen LogP contribution in [0.3, 0.4) is 0 Å². The SMILES string of the molecule is Cc1cnsc1-c1ncc(C=O)c(Cl)n1. The molecular weight excluding hydrogens is 234 g/mol. The second-order valence-corrected chi connectivity index (χ2v) is 4.06. The van der Waals surface area contributed by atoms with Crippen LogP contribution in [0.5, 0.6) is 0 Å². The zero-order chi connectivity index (χ0) is 10.8. The molecule has 15 heavy (non-hydrogen) atoms. The predicted octanol–water partition coefficient (Wildman–Crippen LogP) is 2.37. The molecule has 0 radical (unpaired) electrons. The lowest BCUT2D eigenvalue weighted by Gasteiger charge is -1.99. The van der Waals surface area contributed by atoms with Crippen molar-refractivity contribution < 1.29 is 4.79 Å². The summed E-state index contributed by atoms with van der Waals surface area (Å²) >= 11 is 7.10. The Labute approximate surface area is 95.1 Å². The minimum absolute atomic E-state index is 0.169. The molecule has 6 heteroatoms. The normalized spacial score (nSPS) is 10.3. The molecule has 0 aromatic carbocycles. The number of hydrogen-bond donors (Lipinski definition) is 0. The molecule has 0 bridgehead atoms. The molecule has 4 nitrogen and oxygen atoms in total. The molecule has 0 N–H and O–H groups in total. The maximum absolute atomic E-state index is 10.5. The van der Waals surface area contributed by atoms with Gasteiger partial charge in [-0.2, -0.15) is 0 Å². The van der Waals surface area contributed by atoms with Crippen LogP contribution < -0.4 is 0 Å². The molecule has 0 unspecified atom stereocenters. The Bertz CT molecular complexity index is 512. The first-order valence-electron chi connectivity index (χ1n) is 4.11.